The Morgan fingerprint density at radius 3 is 1.91 bits per heavy atom. The van der Waals surface area contributed by atoms with Gasteiger partial charge >= 0.3 is 0 Å². The first-order valence-electron chi connectivity index (χ1n) is 7.07. The van der Waals surface area contributed by atoms with Crippen molar-refractivity contribution in [1.29, 1.82) is 0 Å². The number of para-hydroxylation sites is 2. The second-order valence-electron chi connectivity index (χ2n) is 4.87. The lowest BCUT2D eigenvalue weighted by molar-refractivity contribution is 1.16. The van der Waals surface area contributed by atoms with E-state index in [1.54, 1.807) is 18.5 Å². The Balaban J connectivity index is 0.000000188. The van der Waals surface area contributed by atoms with Gasteiger partial charge in [0.05, 0.1) is 0 Å². The number of nitrogens with two attached hydrogens (primary N) is 1. The van der Waals surface area contributed by atoms with Gasteiger partial charge in [-0.15, -0.1) is 0 Å². The number of benzene rings is 2. The number of hydrogen-bond acceptors (Lipinski definition) is 4. The Kier molecular flexibility index (Phi) is 5.49. The van der Waals surface area contributed by atoms with Gasteiger partial charge in [0.25, 0.3) is 0 Å². The highest BCUT2D eigenvalue weighted by Gasteiger charge is 1.97. The second kappa shape index (κ2) is 7.78. The molecule has 4 nitrogen and oxygen atoms in total. The van der Waals surface area contributed by atoms with Crippen LogP contribution in [0.1, 0.15) is 11.1 Å². The number of anilines is 3. The van der Waals surface area contributed by atoms with Crippen molar-refractivity contribution in [2.45, 2.75) is 13.8 Å². The van der Waals surface area contributed by atoms with E-state index in [0.29, 0.717) is 5.95 Å². The molecular weight excluding hydrogens is 272 g/mol. The molecule has 3 N–H and O–H groups in total. The Labute approximate surface area is 131 Å². The van der Waals surface area contributed by atoms with E-state index >= 15 is 0 Å². The average molecular weight is 292 g/mol. The zero-order chi connectivity index (χ0) is 15.8. The molecule has 1 aromatic heterocycles. The largest absolute Gasteiger partial charge is 0.399 e. The predicted molar refractivity (Wildman–Crippen MR) is 92.1 cm³/mol. The lowest BCUT2D eigenvalue weighted by Gasteiger charge is -2.06. The maximum Gasteiger partial charge on any atom is 0.227 e. The smallest absolute Gasteiger partial charge is 0.227 e. The number of aromatic nitrogens is 2. The van der Waals surface area contributed by atoms with Crippen molar-refractivity contribution in [3.63, 3.8) is 0 Å². The van der Waals surface area contributed by atoms with Crippen LogP contribution in [-0.4, -0.2) is 9.97 Å². The number of nitrogens with one attached hydrogen (secondary N) is 1. The third kappa shape index (κ3) is 4.59. The first-order valence-corrected chi connectivity index (χ1v) is 7.07. The van der Waals surface area contributed by atoms with E-state index in [1.165, 1.54) is 5.56 Å². The number of rotatable bonds is 2. The first-order chi connectivity index (χ1) is 10.7. The van der Waals surface area contributed by atoms with Crippen LogP contribution in [0.4, 0.5) is 17.3 Å². The molecule has 0 saturated heterocycles. The monoisotopic (exact) mass is 292 g/mol. The third-order valence-corrected chi connectivity index (χ3v) is 3.15. The van der Waals surface area contributed by atoms with E-state index in [-0.39, 0.29) is 0 Å². The molecule has 22 heavy (non-hydrogen) atoms. The maximum atomic E-state index is 5.52. The summed E-state index contributed by atoms with van der Waals surface area (Å²) in [5, 5.41) is 3.15. The van der Waals surface area contributed by atoms with Gasteiger partial charge in [-0.25, -0.2) is 9.97 Å². The lowest BCUT2D eigenvalue weighted by atomic mass is 10.2. The Hall–Kier alpha value is -2.88. The van der Waals surface area contributed by atoms with Gasteiger partial charge in [-0.2, -0.15) is 0 Å². The van der Waals surface area contributed by atoms with Crippen molar-refractivity contribution in [1.82, 2.24) is 9.97 Å². The SMILES string of the molecule is Cc1ccccc1N.Cc1ccccc1Nc1ncccn1. The van der Waals surface area contributed by atoms with Crippen LogP contribution < -0.4 is 11.1 Å². The molecule has 1 heterocycles. The van der Waals surface area contributed by atoms with Crippen LogP contribution in [0.2, 0.25) is 0 Å². The molecule has 112 valence electrons. The molecule has 0 atom stereocenters. The van der Waals surface area contributed by atoms with Crippen LogP contribution in [-0.2, 0) is 0 Å². The van der Waals surface area contributed by atoms with Gasteiger partial charge in [0.15, 0.2) is 0 Å². The van der Waals surface area contributed by atoms with Crippen LogP contribution in [0.25, 0.3) is 0 Å². The maximum absolute atomic E-state index is 5.52. The van der Waals surface area contributed by atoms with Crippen molar-refractivity contribution in [2.24, 2.45) is 0 Å². The summed E-state index contributed by atoms with van der Waals surface area (Å²) >= 11 is 0. The van der Waals surface area contributed by atoms with E-state index in [1.807, 2.05) is 62.4 Å². The summed E-state index contributed by atoms with van der Waals surface area (Å²) in [7, 11) is 0. The van der Waals surface area contributed by atoms with E-state index < -0.39 is 0 Å². The number of nitrogens with zero attached hydrogens (tertiary/aromatic N) is 2. The van der Waals surface area contributed by atoms with Gasteiger partial charge in [0, 0.05) is 23.8 Å². The molecule has 0 aliphatic heterocycles. The standard InChI is InChI=1S/C11H11N3.C7H9N/c1-9-5-2-3-6-10(9)14-11-12-7-4-8-13-11;1-6-4-2-3-5-7(6)8/h2-8H,1H3,(H,12,13,14);2-5H,8H2,1H3. The third-order valence-electron chi connectivity index (χ3n) is 3.15. The van der Waals surface area contributed by atoms with Crippen LogP contribution >= 0.6 is 0 Å². The minimum Gasteiger partial charge on any atom is -0.399 e. The molecular formula is C18H20N4. The fourth-order valence-electron chi connectivity index (χ4n) is 1.78. The highest BCUT2D eigenvalue weighted by molar-refractivity contribution is 5.57. The predicted octanol–water partition coefficient (Wildman–Crippen LogP) is 4.11. The summed E-state index contributed by atoms with van der Waals surface area (Å²) in [5.74, 6) is 0.627. The Morgan fingerprint density at radius 2 is 1.36 bits per heavy atom. The van der Waals surface area contributed by atoms with Gasteiger partial charge in [0.2, 0.25) is 5.95 Å². The normalized spacial score (nSPS) is 9.55. The molecule has 0 bridgehead atoms. The first kappa shape index (κ1) is 15.5. The van der Waals surface area contributed by atoms with Gasteiger partial charge in [-0.3, -0.25) is 0 Å². The molecule has 0 unspecified atom stereocenters. The summed E-state index contributed by atoms with van der Waals surface area (Å²) in [6.45, 7) is 4.04. The summed E-state index contributed by atoms with van der Waals surface area (Å²) in [6.07, 6.45) is 3.43. The van der Waals surface area contributed by atoms with Crippen LogP contribution in [0.15, 0.2) is 67.0 Å². The van der Waals surface area contributed by atoms with Crippen molar-refractivity contribution >= 4 is 17.3 Å². The second-order valence-corrected chi connectivity index (χ2v) is 4.87. The minimum atomic E-state index is 0.627. The van der Waals surface area contributed by atoms with Crippen molar-refractivity contribution in [3.05, 3.63) is 78.1 Å². The molecule has 3 rings (SSSR count). The van der Waals surface area contributed by atoms with E-state index in [0.717, 1.165) is 16.9 Å². The molecule has 0 aliphatic carbocycles. The average Bonchev–Trinajstić information content (AvgIpc) is 2.54. The summed E-state index contributed by atoms with van der Waals surface area (Å²) in [5.41, 5.74) is 9.75. The highest BCUT2D eigenvalue weighted by atomic mass is 15.1. The fraction of sp³-hybridized carbons (Fsp3) is 0.111. The molecule has 0 saturated carbocycles. The fourth-order valence-corrected chi connectivity index (χ4v) is 1.78. The van der Waals surface area contributed by atoms with Gasteiger partial charge in [-0.1, -0.05) is 36.4 Å². The molecule has 0 spiro atoms. The number of aryl methyl sites for hydroxylation is 2. The Bertz CT molecular complexity index is 690. The van der Waals surface area contributed by atoms with Gasteiger partial charge in [0.1, 0.15) is 0 Å². The van der Waals surface area contributed by atoms with Crippen LogP contribution in [0, 0.1) is 13.8 Å². The summed E-state index contributed by atoms with van der Waals surface area (Å²) in [4.78, 5) is 8.19. The number of hydrogen-bond donors (Lipinski definition) is 2. The lowest BCUT2D eigenvalue weighted by Crippen LogP contribution is -1.96. The van der Waals surface area contributed by atoms with Crippen molar-refractivity contribution < 1.29 is 0 Å². The quantitative estimate of drug-likeness (QED) is 0.698. The van der Waals surface area contributed by atoms with Crippen molar-refractivity contribution in [2.75, 3.05) is 11.1 Å². The van der Waals surface area contributed by atoms with Crippen LogP contribution in [0.5, 0.6) is 0 Å². The van der Waals surface area contributed by atoms with Gasteiger partial charge in [-0.05, 0) is 43.2 Å². The van der Waals surface area contributed by atoms with E-state index in [2.05, 4.69) is 15.3 Å². The summed E-state index contributed by atoms with van der Waals surface area (Å²) < 4.78 is 0. The van der Waals surface area contributed by atoms with Crippen LogP contribution in [0.3, 0.4) is 0 Å². The number of nitrogen functional groups attached to an aromatic ring is 1. The molecule has 0 fully saturated rings. The minimum absolute atomic E-state index is 0.627. The Morgan fingerprint density at radius 1 is 0.773 bits per heavy atom. The van der Waals surface area contributed by atoms with E-state index in [4.69, 9.17) is 5.73 Å². The molecule has 0 amide bonds. The molecule has 3 aromatic rings. The molecule has 0 radical (unpaired) electrons. The molecule has 4 heteroatoms. The highest BCUT2D eigenvalue weighted by Crippen LogP contribution is 2.16. The van der Waals surface area contributed by atoms with Crippen molar-refractivity contribution in [3.8, 4) is 0 Å². The zero-order valence-corrected chi connectivity index (χ0v) is 12.8. The van der Waals surface area contributed by atoms with E-state index in [9.17, 15) is 0 Å². The molecule has 2 aromatic carbocycles. The zero-order valence-electron chi connectivity index (χ0n) is 12.8. The topological polar surface area (TPSA) is 63.8 Å². The summed E-state index contributed by atoms with van der Waals surface area (Å²) in [6, 6.07) is 17.6. The molecule has 0 aliphatic rings. The van der Waals surface area contributed by atoms with Gasteiger partial charge < -0.3 is 11.1 Å².